The summed E-state index contributed by atoms with van der Waals surface area (Å²) in [6.07, 6.45) is 6.32. The lowest BCUT2D eigenvalue weighted by Crippen LogP contribution is -2.53. The number of fused-ring (bicyclic) bond motifs is 1. The largest absolute Gasteiger partial charge is 0.334 e. The maximum Gasteiger partial charge on any atom is 0.319 e. The van der Waals surface area contributed by atoms with Gasteiger partial charge < -0.3 is 15.5 Å². The third kappa shape index (κ3) is 4.50. The smallest absolute Gasteiger partial charge is 0.319 e. The number of hydrogen-bond acceptors (Lipinski definition) is 5. The average Bonchev–Trinajstić information content (AvgIpc) is 3.01. The van der Waals surface area contributed by atoms with Crippen LogP contribution in [0.15, 0.2) is 35.9 Å². The summed E-state index contributed by atoms with van der Waals surface area (Å²) in [5.41, 5.74) is 3.14. The quantitative estimate of drug-likeness (QED) is 0.629. The first kappa shape index (κ1) is 20.8. The molecule has 4 rings (SSSR count). The molecule has 3 atom stereocenters. The highest BCUT2D eigenvalue weighted by molar-refractivity contribution is 6.02. The van der Waals surface area contributed by atoms with E-state index in [0.717, 1.165) is 17.0 Å². The number of pyridine rings is 1. The van der Waals surface area contributed by atoms with Gasteiger partial charge in [0.25, 0.3) is 0 Å². The van der Waals surface area contributed by atoms with Gasteiger partial charge in [0.05, 0.1) is 5.92 Å². The van der Waals surface area contributed by atoms with Crippen molar-refractivity contribution in [3.63, 3.8) is 0 Å². The highest BCUT2D eigenvalue weighted by Gasteiger charge is 2.45. The van der Waals surface area contributed by atoms with Crippen molar-refractivity contribution in [2.45, 2.75) is 32.7 Å². The molecule has 3 aliphatic rings. The van der Waals surface area contributed by atoms with Gasteiger partial charge in [-0.3, -0.25) is 24.7 Å². The molecule has 2 fully saturated rings. The molecule has 31 heavy (non-hydrogen) atoms. The summed E-state index contributed by atoms with van der Waals surface area (Å²) in [6, 6.07) is 2.64. The lowest BCUT2D eigenvalue weighted by Gasteiger charge is -2.29. The standard InChI is InChI=1S/C22H25N5O4/c1-12-7-16(8-13(2)24-12)25-22(31)23-10-14-3-4-15-11-27(21(30)17(15)9-14)18-5-6-19(28)26-20(18)29/h3-4,7-9,15,17-18H,5-6,10-11H2,1-2H3,(H,26,28,29)(H2,23,24,25,31). The first-order valence-corrected chi connectivity index (χ1v) is 10.3. The van der Waals surface area contributed by atoms with Gasteiger partial charge in [-0.05, 0) is 38.0 Å². The van der Waals surface area contributed by atoms with E-state index in [0.29, 0.717) is 18.7 Å². The van der Waals surface area contributed by atoms with Crippen LogP contribution in [0, 0.1) is 25.7 Å². The van der Waals surface area contributed by atoms with E-state index in [4.69, 9.17) is 0 Å². The maximum atomic E-state index is 12.9. The molecule has 0 spiro atoms. The number of likely N-dealkylation sites (tertiary alicyclic amines) is 1. The number of rotatable bonds is 4. The monoisotopic (exact) mass is 423 g/mol. The summed E-state index contributed by atoms with van der Waals surface area (Å²) < 4.78 is 0. The van der Waals surface area contributed by atoms with Crippen molar-refractivity contribution < 1.29 is 19.2 Å². The molecule has 3 heterocycles. The van der Waals surface area contributed by atoms with E-state index in [2.05, 4.69) is 20.9 Å². The Bertz CT molecular complexity index is 995. The number of hydrogen-bond donors (Lipinski definition) is 3. The Morgan fingerprint density at radius 2 is 1.97 bits per heavy atom. The SMILES string of the molecule is Cc1cc(NC(=O)NCC2=CC3C(=O)N(C4CCC(=O)NC4=O)CC3C=C2)cc(C)n1. The Morgan fingerprint density at radius 3 is 2.68 bits per heavy atom. The van der Waals surface area contributed by atoms with Crippen LogP contribution in [0.3, 0.4) is 0 Å². The van der Waals surface area contributed by atoms with Gasteiger partial charge in [0.15, 0.2) is 0 Å². The van der Waals surface area contributed by atoms with Crippen LogP contribution in [-0.2, 0) is 14.4 Å². The topological polar surface area (TPSA) is 121 Å². The van der Waals surface area contributed by atoms with Crippen LogP contribution in [0.4, 0.5) is 10.5 Å². The minimum atomic E-state index is -0.600. The number of amides is 5. The number of carbonyl (C=O) groups is 4. The van der Waals surface area contributed by atoms with Gasteiger partial charge in [0.2, 0.25) is 17.7 Å². The van der Waals surface area contributed by atoms with Gasteiger partial charge in [0, 0.05) is 42.5 Å². The Hall–Kier alpha value is -3.49. The number of aromatic nitrogens is 1. The van der Waals surface area contributed by atoms with Crippen LogP contribution in [0.25, 0.3) is 0 Å². The fourth-order valence-corrected chi connectivity index (χ4v) is 4.36. The first-order valence-electron chi connectivity index (χ1n) is 10.3. The Labute approximate surface area is 180 Å². The molecule has 0 radical (unpaired) electrons. The van der Waals surface area contributed by atoms with E-state index in [9.17, 15) is 19.2 Å². The van der Waals surface area contributed by atoms with Crippen LogP contribution >= 0.6 is 0 Å². The molecular weight excluding hydrogens is 398 g/mol. The summed E-state index contributed by atoms with van der Waals surface area (Å²) in [4.78, 5) is 54.6. The third-order valence-electron chi connectivity index (χ3n) is 5.77. The molecule has 3 N–H and O–H groups in total. The van der Waals surface area contributed by atoms with Crippen molar-refractivity contribution in [1.82, 2.24) is 20.5 Å². The minimum absolute atomic E-state index is 0.0155. The second-order valence-electron chi connectivity index (χ2n) is 8.19. The van der Waals surface area contributed by atoms with Gasteiger partial charge in [-0.15, -0.1) is 0 Å². The first-order chi connectivity index (χ1) is 14.8. The van der Waals surface area contributed by atoms with E-state index in [1.807, 2.05) is 32.1 Å². The number of urea groups is 1. The third-order valence-corrected chi connectivity index (χ3v) is 5.77. The number of imide groups is 1. The Balaban J connectivity index is 1.35. The molecule has 1 aliphatic carbocycles. The second kappa shape index (κ2) is 8.33. The van der Waals surface area contributed by atoms with Crippen LogP contribution in [0.1, 0.15) is 24.2 Å². The minimum Gasteiger partial charge on any atom is -0.334 e. The number of carbonyl (C=O) groups excluding carboxylic acids is 4. The van der Waals surface area contributed by atoms with Crippen molar-refractivity contribution in [3.05, 3.63) is 47.3 Å². The average molecular weight is 423 g/mol. The summed E-state index contributed by atoms with van der Waals surface area (Å²) in [7, 11) is 0. The van der Waals surface area contributed by atoms with Gasteiger partial charge in [-0.1, -0.05) is 18.2 Å². The normalized spacial score (nSPS) is 25.1. The zero-order valence-corrected chi connectivity index (χ0v) is 17.5. The van der Waals surface area contributed by atoms with E-state index in [-0.39, 0.29) is 42.6 Å². The number of anilines is 1. The number of piperidine rings is 1. The predicted molar refractivity (Wildman–Crippen MR) is 113 cm³/mol. The maximum absolute atomic E-state index is 12.9. The number of nitrogens with zero attached hydrogens (tertiary/aromatic N) is 2. The van der Waals surface area contributed by atoms with Crippen LogP contribution in [0.2, 0.25) is 0 Å². The van der Waals surface area contributed by atoms with E-state index in [1.165, 1.54) is 0 Å². The molecule has 0 saturated carbocycles. The molecule has 9 heteroatoms. The summed E-state index contributed by atoms with van der Waals surface area (Å²) in [5, 5.41) is 7.91. The fraction of sp³-hybridized carbons (Fsp3) is 0.409. The van der Waals surface area contributed by atoms with Gasteiger partial charge in [-0.25, -0.2) is 4.79 Å². The summed E-state index contributed by atoms with van der Waals surface area (Å²) >= 11 is 0. The molecule has 162 valence electrons. The molecule has 2 aliphatic heterocycles. The van der Waals surface area contributed by atoms with Gasteiger partial charge in [-0.2, -0.15) is 0 Å². The zero-order chi connectivity index (χ0) is 22.1. The Morgan fingerprint density at radius 1 is 1.23 bits per heavy atom. The molecule has 0 aromatic carbocycles. The van der Waals surface area contributed by atoms with E-state index >= 15 is 0 Å². The van der Waals surface area contributed by atoms with Crippen molar-refractivity contribution in [3.8, 4) is 0 Å². The van der Waals surface area contributed by atoms with Crippen LogP contribution in [-0.4, -0.2) is 52.8 Å². The fourth-order valence-electron chi connectivity index (χ4n) is 4.36. The van der Waals surface area contributed by atoms with Crippen molar-refractivity contribution >= 4 is 29.4 Å². The van der Waals surface area contributed by atoms with Gasteiger partial charge >= 0.3 is 6.03 Å². The molecule has 2 saturated heterocycles. The van der Waals surface area contributed by atoms with Crippen molar-refractivity contribution in [2.24, 2.45) is 11.8 Å². The molecular formula is C22H25N5O4. The predicted octanol–water partition coefficient (Wildman–Crippen LogP) is 1.20. The lowest BCUT2D eigenvalue weighted by atomic mass is 9.88. The second-order valence-corrected chi connectivity index (χ2v) is 8.19. The molecule has 1 aromatic rings. The highest BCUT2D eigenvalue weighted by atomic mass is 16.2. The number of nitrogens with one attached hydrogen (secondary N) is 3. The van der Waals surface area contributed by atoms with Crippen molar-refractivity contribution in [2.75, 3.05) is 18.4 Å². The van der Waals surface area contributed by atoms with E-state index in [1.54, 1.807) is 17.0 Å². The molecule has 1 aromatic heterocycles. The lowest BCUT2D eigenvalue weighted by molar-refractivity contribution is -0.144. The Kier molecular flexibility index (Phi) is 5.58. The summed E-state index contributed by atoms with van der Waals surface area (Å²) in [6.45, 7) is 4.45. The van der Waals surface area contributed by atoms with Crippen LogP contribution < -0.4 is 16.0 Å². The van der Waals surface area contributed by atoms with Gasteiger partial charge in [0.1, 0.15) is 6.04 Å². The van der Waals surface area contributed by atoms with Crippen molar-refractivity contribution in [1.29, 1.82) is 0 Å². The molecule has 0 bridgehead atoms. The summed E-state index contributed by atoms with van der Waals surface area (Å²) in [5.74, 6) is -1.20. The molecule has 5 amide bonds. The van der Waals surface area contributed by atoms with E-state index < -0.39 is 11.9 Å². The number of aryl methyl sites for hydroxylation is 2. The van der Waals surface area contributed by atoms with Crippen LogP contribution in [0.5, 0.6) is 0 Å². The molecule has 3 unspecified atom stereocenters. The highest BCUT2D eigenvalue weighted by Crippen LogP contribution is 2.34. The zero-order valence-electron chi connectivity index (χ0n) is 17.5. The molecule has 9 nitrogen and oxygen atoms in total.